The molecule has 1 heterocycles. The van der Waals surface area contributed by atoms with Gasteiger partial charge in [0.25, 0.3) is 0 Å². The lowest BCUT2D eigenvalue weighted by molar-refractivity contribution is -0.115. The lowest BCUT2D eigenvalue weighted by Gasteiger charge is -2.37. The summed E-state index contributed by atoms with van der Waals surface area (Å²) in [6.45, 7) is 6.21. The van der Waals surface area contributed by atoms with Crippen molar-refractivity contribution in [3.8, 4) is 0 Å². The first kappa shape index (κ1) is 11.3. The van der Waals surface area contributed by atoms with Gasteiger partial charge in [0.2, 0.25) is 5.92 Å². The predicted octanol–water partition coefficient (Wildman–Crippen LogP) is 1.73. The molecule has 88 valence electrons. The molecule has 15 heavy (non-hydrogen) atoms. The van der Waals surface area contributed by atoms with Crippen LogP contribution in [0.4, 0.5) is 8.78 Å². The molecule has 0 aromatic heterocycles. The molecule has 4 heteroatoms. The third kappa shape index (κ3) is 2.31. The second-order valence-electron chi connectivity index (χ2n) is 5.83. The molecule has 1 atom stereocenters. The number of hydrogen-bond acceptors (Lipinski definition) is 2. The van der Waals surface area contributed by atoms with Gasteiger partial charge in [-0.05, 0) is 5.92 Å². The molecule has 2 fully saturated rings. The summed E-state index contributed by atoms with van der Waals surface area (Å²) in [4.78, 5) is 2.12. The lowest BCUT2D eigenvalue weighted by atomic mass is 9.81. The quantitative estimate of drug-likeness (QED) is 0.764. The SMILES string of the molecule is CC1(C)CN(CC2CC(F)(F)C2)CC1O. The Balaban J connectivity index is 1.79. The molecule has 2 nitrogen and oxygen atoms in total. The van der Waals surface area contributed by atoms with E-state index in [1.165, 1.54) is 0 Å². The molecule has 0 spiro atoms. The van der Waals surface area contributed by atoms with Crippen LogP contribution in [0.25, 0.3) is 0 Å². The first-order chi connectivity index (χ1) is 6.78. The van der Waals surface area contributed by atoms with Gasteiger partial charge in [-0.3, -0.25) is 4.90 Å². The predicted molar refractivity (Wildman–Crippen MR) is 53.9 cm³/mol. The van der Waals surface area contributed by atoms with Gasteiger partial charge in [0.05, 0.1) is 6.10 Å². The summed E-state index contributed by atoms with van der Waals surface area (Å²) in [7, 11) is 0. The van der Waals surface area contributed by atoms with Crippen molar-refractivity contribution < 1.29 is 13.9 Å². The molecule has 0 bridgehead atoms. The van der Waals surface area contributed by atoms with Gasteiger partial charge in [-0.15, -0.1) is 0 Å². The molecule has 2 aliphatic rings. The average Bonchev–Trinajstić information content (AvgIpc) is 2.21. The van der Waals surface area contributed by atoms with Crippen molar-refractivity contribution in [2.45, 2.75) is 38.7 Å². The van der Waals surface area contributed by atoms with Crippen LogP contribution in [-0.2, 0) is 0 Å². The van der Waals surface area contributed by atoms with Crippen LogP contribution < -0.4 is 0 Å². The van der Waals surface area contributed by atoms with E-state index in [0.29, 0.717) is 6.54 Å². The Bertz CT molecular complexity index is 247. The molecule has 0 amide bonds. The zero-order valence-corrected chi connectivity index (χ0v) is 9.34. The van der Waals surface area contributed by atoms with E-state index in [9.17, 15) is 13.9 Å². The molecule has 0 radical (unpaired) electrons. The molecule has 1 aliphatic carbocycles. The minimum atomic E-state index is -2.42. The molecular formula is C11H19F2NO. The van der Waals surface area contributed by atoms with E-state index in [-0.39, 0.29) is 30.3 Å². The van der Waals surface area contributed by atoms with Gasteiger partial charge in [-0.2, -0.15) is 0 Å². The Labute approximate surface area is 89.3 Å². The van der Waals surface area contributed by atoms with Gasteiger partial charge in [0.15, 0.2) is 0 Å². The molecule has 0 aromatic carbocycles. The molecule has 1 aliphatic heterocycles. The number of aliphatic hydroxyl groups is 1. The van der Waals surface area contributed by atoms with Gasteiger partial charge in [0.1, 0.15) is 0 Å². The monoisotopic (exact) mass is 219 g/mol. The normalized spacial score (nSPS) is 35.4. The Hall–Kier alpha value is -0.220. The highest BCUT2D eigenvalue weighted by atomic mass is 19.3. The summed E-state index contributed by atoms with van der Waals surface area (Å²) in [6.07, 6.45) is -0.266. The summed E-state index contributed by atoms with van der Waals surface area (Å²) in [6, 6.07) is 0. The van der Waals surface area contributed by atoms with E-state index >= 15 is 0 Å². The van der Waals surface area contributed by atoms with Gasteiger partial charge in [0, 0.05) is 37.9 Å². The number of hydrogen-bond donors (Lipinski definition) is 1. The van der Waals surface area contributed by atoms with Crippen LogP contribution in [0.2, 0.25) is 0 Å². The number of aliphatic hydroxyl groups excluding tert-OH is 1. The lowest BCUT2D eigenvalue weighted by Crippen LogP contribution is -2.42. The number of nitrogens with zero attached hydrogens (tertiary/aromatic N) is 1. The smallest absolute Gasteiger partial charge is 0.248 e. The van der Waals surface area contributed by atoms with E-state index in [1.807, 2.05) is 13.8 Å². The van der Waals surface area contributed by atoms with Gasteiger partial charge in [-0.1, -0.05) is 13.8 Å². The van der Waals surface area contributed by atoms with Crippen LogP contribution in [0.3, 0.4) is 0 Å². The Morgan fingerprint density at radius 2 is 1.93 bits per heavy atom. The van der Waals surface area contributed by atoms with Crippen molar-refractivity contribution in [3.05, 3.63) is 0 Å². The fraction of sp³-hybridized carbons (Fsp3) is 1.00. The first-order valence-corrected chi connectivity index (χ1v) is 5.57. The minimum absolute atomic E-state index is 0.0278. The van der Waals surface area contributed by atoms with E-state index in [1.54, 1.807) is 0 Å². The van der Waals surface area contributed by atoms with Gasteiger partial charge in [-0.25, -0.2) is 8.78 Å². The average molecular weight is 219 g/mol. The van der Waals surface area contributed by atoms with Crippen molar-refractivity contribution in [1.29, 1.82) is 0 Å². The third-order valence-corrected chi connectivity index (χ3v) is 3.66. The maximum Gasteiger partial charge on any atom is 0.248 e. The Kier molecular flexibility index (Phi) is 2.54. The van der Waals surface area contributed by atoms with Crippen molar-refractivity contribution in [2.24, 2.45) is 11.3 Å². The van der Waals surface area contributed by atoms with Crippen LogP contribution in [0.1, 0.15) is 26.7 Å². The van der Waals surface area contributed by atoms with Crippen LogP contribution in [0.5, 0.6) is 0 Å². The summed E-state index contributed by atoms with van der Waals surface area (Å²) < 4.78 is 25.2. The maximum atomic E-state index is 12.6. The number of β-amino-alcohol motifs (C(OH)–C–C–N with tert-alkyl or cyclic N) is 1. The zero-order chi connectivity index (χ0) is 11.3. The molecule has 0 aromatic rings. The van der Waals surface area contributed by atoms with E-state index in [4.69, 9.17) is 0 Å². The van der Waals surface area contributed by atoms with E-state index in [2.05, 4.69) is 4.90 Å². The summed E-state index contributed by atoms with van der Waals surface area (Å²) >= 11 is 0. The molecule has 1 N–H and O–H groups in total. The Morgan fingerprint density at radius 1 is 1.33 bits per heavy atom. The van der Waals surface area contributed by atoms with Crippen LogP contribution >= 0.6 is 0 Å². The Morgan fingerprint density at radius 3 is 2.33 bits per heavy atom. The van der Waals surface area contributed by atoms with E-state index < -0.39 is 5.92 Å². The first-order valence-electron chi connectivity index (χ1n) is 5.57. The summed E-state index contributed by atoms with van der Waals surface area (Å²) in [5, 5.41) is 9.74. The standard InChI is InChI=1S/C11H19F2NO/c1-10(2)7-14(6-9(10)15)5-8-3-11(12,13)4-8/h8-9,15H,3-7H2,1-2H3. The fourth-order valence-corrected chi connectivity index (χ4v) is 2.66. The third-order valence-electron chi connectivity index (χ3n) is 3.66. The zero-order valence-electron chi connectivity index (χ0n) is 9.34. The molecule has 1 saturated carbocycles. The van der Waals surface area contributed by atoms with Crippen molar-refractivity contribution in [2.75, 3.05) is 19.6 Å². The number of rotatable bonds is 2. The summed E-state index contributed by atoms with van der Waals surface area (Å²) in [5.41, 5.74) is -0.0910. The largest absolute Gasteiger partial charge is 0.391 e. The number of alkyl halides is 2. The topological polar surface area (TPSA) is 23.5 Å². The van der Waals surface area contributed by atoms with Gasteiger partial charge >= 0.3 is 0 Å². The second-order valence-corrected chi connectivity index (χ2v) is 5.83. The van der Waals surface area contributed by atoms with Crippen LogP contribution in [0, 0.1) is 11.3 Å². The summed E-state index contributed by atoms with van der Waals surface area (Å²) in [5.74, 6) is -2.29. The van der Waals surface area contributed by atoms with Crippen molar-refractivity contribution in [1.82, 2.24) is 4.90 Å². The number of halogens is 2. The molecule has 1 unspecified atom stereocenters. The van der Waals surface area contributed by atoms with E-state index in [0.717, 1.165) is 13.1 Å². The van der Waals surface area contributed by atoms with Crippen molar-refractivity contribution in [3.63, 3.8) is 0 Å². The highest BCUT2D eigenvalue weighted by Crippen LogP contribution is 2.43. The van der Waals surface area contributed by atoms with Crippen LogP contribution in [0.15, 0.2) is 0 Å². The highest BCUT2D eigenvalue weighted by Gasteiger charge is 2.47. The molecular weight excluding hydrogens is 200 g/mol. The second kappa shape index (κ2) is 3.39. The minimum Gasteiger partial charge on any atom is -0.391 e. The van der Waals surface area contributed by atoms with Gasteiger partial charge < -0.3 is 5.11 Å². The maximum absolute atomic E-state index is 12.6. The fourth-order valence-electron chi connectivity index (χ4n) is 2.66. The van der Waals surface area contributed by atoms with Crippen molar-refractivity contribution >= 4 is 0 Å². The van der Waals surface area contributed by atoms with Crippen LogP contribution in [-0.4, -0.2) is 41.7 Å². The molecule has 1 saturated heterocycles. The molecule has 2 rings (SSSR count). The highest BCUT2D eigenvalue weighted by molar-refractivity contribution is 4.94. The number of likely N-dealkylation sites (tertiary alicyclic amines) is 1.